The van der Waals surface area contributed by atoms with Crippen LogP contribution in [0.1, 0.15) is 30.9 Å². The van der Waals surface area contributed by atoms with Gasteiger partial charge in [0.2, 0.25) is 0 Å². The zero-order valence-corrected chi connectivity index (χ0v) is 9.35. The number of nitrogens with two attached hydrogens (primary N) is 1. The van der Waals surface area contributed by atoms with Crippen molar-refractivity contribution >= 4 is 11.4 Å². The summed E-state index contributed by atoms with van der Waals surface area (Å²) < 4.78 is 0. The molecule has 0 atom stereocenters. The standard InChI is InChI=1S/C12H20N2/c1-4-5-6-10-7-8-11(14-3)12(13)9(10)2/h7-8,14H,4-6,13H2,1-3H3. The number of hydrogen-bond donors (Lipinski definition) is 2. The summed E-state index contributed by atoms with van der Waals surface area (Å²) in [6.45, 7) is 4.31. The summed E-state index contributed by atoms with van der Waals surface area (Å²) in [6.07, 6.45) is 3.60. The highest BCUT2D eigenvalue weighted by Gasteiger charge is 2.05. The third-order valence-corrected chi connectivity index (χ3v) is 2.70. The first-order valence-corrected chi connectivity index (χ1v) is 5.26. The van der Waals surface area contributed by atoms with Crippen LogP contribution in [0.25, 0.3) is 0 Å². The Morgan fingerprint density at radius 2 is 2.07 bits per heavy atom. The van der Waals surface area contributed by atoms with Gasteiger partial charge < -0.3 is 11.1 Å². The van der Waals surface area contributed by atoms with Crippen LogP contribution in [0.15, 0.2) is 12.1 Å². The molecule has 0 aliphatic heterocycles. The fraction of sp³-hybridized carbons (Fsp3) is 0.500. The maximum absolute atomic E-state index is 6.00. The number of benzene rings is 1. The van der Waals surface area contributed by atoms with Crippen molar-refractivity contribution in [1.82, 2.24) is 0 Å². The Bertz CT molecular complexity index is 305. The molecule has 1 rings (SSSR count). The first-order valence-electron chi connectivity index (χ1n) is 5.26. The second-order valence-corrected chi connectivity index (χ2v) is 3.66. The van der Waals surface area contributed by atoms with Crippen molar-refractivity contribution in [3.05, 3.63) is 23.3 Å². The van der Waals surface area contributed by atoms with E-state index >= 15 is 0 Å². The van der Waals surface area contributed by atoms with Crippen molar-refractivity contribution < 1.29 is 0 Å². The molecule has 1 aromatic rings. The Hall–Kier alpha value is -1.18. The molecule has 0 aliphatic carbocycles. The van der Waals surface area contributed by atoms with E-state index in [2.05, 4.69) is 31.3 Å². The number of anilines is 2. The van der Waals surface area contributed by atoms with Gasteiger partial charge >= 0.3 is 0 Å². The second-order valence-electron chi connectivity index (χ2n) is 3.66. The van der Waals surface area contributed by atoms with E-state index in [1.54, 1.807) is 0 Å². The smallest absolute Gasteiger partial charge is 0.0582 e. The zero-order chi connectivity index (χ0) is 10.6. The Balaban J connectivity index is 2.92. The first kappa shape index (κ1) is 10.9. The summed E-state index contributed by atoms with van der Waals surface area (Å²) >= 11 is 0. The minimum Gasteiger partial charge on any atom is -0.397 e. The molecule has 0 saturated carbocycles. The number of nitrogen functional groups attached to an aromatic ring is 1. The average Bonchev–Trinajstić information content (AvgIpc) is 2.20. The Morgan fingerprint density at radius 1 is 1.36 bits per heavy atom. The molecule has 0 bridgehead atoms. The molecule has 0 unspecified atom stereocenters. The maximum Gasteiger partial charge on any atom is 0.0582 e. The van der Waals surface area contributed by atoms with Gasteiger partial charge in [0.05, 0.1) is 11.4 Å². The number of hydrogen-bond acceptors (Lipinski definition) is 2. The van der Waals surface area contributed by atoms with E-state index in [0.29, 0.717) is 0 Å². The van der Waals surface area contributed by atoms with Crippen LogP contribution in [0, 0.1) is 6.92 Å². The van der Waals surface area contributed by atoms with Gasteiger partial charge in [-0.1, -0.05) is 19.4 Å². The van der Waals surface area contributed by atoms with Crippen molar-refractivity contribution in [2.45, 2.75) is 33.1 Å². The highest BCUT2D eigenvalue weighted by molar-refractivity contribution is 5.71. The SMILES string of the molecule is CCCCc1ccc(NC)c(N)c1C. The van der Waals surface area contributed by atoms with Crippen LogP contribution < -0.4 is 11.1 Å². The third-order valence-electron chi connectivity index (χ3n) is 2.70. The fourth-order valence-corrected chi connectivity index (χ4v) is 1.63. The monoisotopic (exact) mass is 192 g/mol. The number of nitrogens with one attached hydrogen (secondary N) is 1. The van der Waals surface area contributed by atoms with Gasteiger partial charge in [-0.25, -0.2) is 0 Å². The molecule has 78 valence electrons. The summed E-state index contributed by atoms with van der Waals surface area (Å²) in [5.74, 6) is 0. The van der Waals surface area contributed by atoms with Crippen LogP contribution in [0.4, 0.5) is 11.4 Å². The predicted octanol–water partition coefficient (Wildman–Crippen LogP) is 2.96. The molecule has 2 nitrogen and oxygen atoms in total. The molecule has 0 heterocycles. The minimum absolute atomic E-state index is 0.890. The van der Waals surface area contributed by atoms with Crippen LogP contribution in [-0.4, -0.2) is 7.05 Å². The lowest BCUT2D eigenvalue weighted by atomic mass is 10.0. The molecule has 0 radical (unpaired) electrons. The largest absolute Gasteiger partial charge is 0.397 e. The molecule has 3 N–H and O–H groups in total. The van der Waals surface area contributed by atoms with E-state index in [-0.39, 0.29) is 0 Å². The molecule has 0 fully saturated rings. The van der Waals surface area contributed by atoms with Gasteiger partial charge in [-0.15, -0.1) is 0 Å². The molecule has 14 heavy (non-hydrogen) atoms. The fourth-order valence-electron chi connectivity index (χ4n) is 1.63. The predicted molar refractivity (Wildman–Crippen MR) is 63.8 cm³/mol. The van der Waals surface area contributed by atoms with Crippen molar-refractivity contribution in [2.24, 2.45) is 0 Å². The van der Waals surface area contributed by atoms with Gasteiger partial charge in [-0.2, -0.15) is 0 Å². The molecule has 0 spiro atoms. The third kappa shape index (κ3) is 2.19. The zero-order valence-electron chi connectivity index (χ0n) is 9.35. The molecule has 1 aromatic carbocycles. The second kappa shape index (κ2) is 4.89. The number of rotatable bonds is 4. The topological polar surface area (TPSA) is 38.0 Å². The summed E-state index contributed by atoms with van der Waals surface area (Å²) in [5, 5.41) is 3.09. The van der Waals surface area contributed by atoms with Gasteiger partial charge in [0, 0.05) is 7.05 Å². The maximum atomic E-state index is 6.00. The van der Waals surface area contributed by atoms with Crippen LogP contribution in [-0.2, 0) is 6.42 Å². The van der Waals surface area contributed by atoms with Crippen molar-refractivity contribution in [3.63, 3.8) is 0 Å². The van der Waals surface area contributed by atoms with E-state index in [9.17, 15) is 0 Å². The van der Waals surface area contributed by atoms with E-state index in [4.69, 9.17) is 5.73 Å². The van der Waals surface area contributed by atoms with E-state index in [1.807, 2.05) is 7.05 Å². The lowest BCUT2D eigenvalue weighted by molar-refractivity contribution is 0.792. The summed E-state index contributed by atoms with van der Waals surface area (Å²) in [5.41, 5.74) is 10.5. The molecule has 0 aliphatic rings. The number of unbranched alkanes of at least 4 members (excludes halogenated alkanes) is 1. The molecular weight excluding hydrogens is 172 g/mol. The van der Waals surface area contributed by atoms with Crippen LogP contribution in [0.2, 0.25) is 0 Å². The lowest BCUT2D eigenvalue weighted by Crippen LogP contribution is -2.01. The summed E-state index contributed by atoms with van der Waals surface area (Å²) in [4.78, 5) is 0. The Morgan fingerprint density at radius 3 is 2.64 bits per heavy atom. The van der Waals surface area contributed by atoms with Gasteiger partial charge in [0.25, 0.3) is 0 Å². The summed E-state index contributed by atoms with van der Waals surface area (Å²) in [6, 6.07) is 4.24. The van der Waals surface area contributed by atoms with Gasteiger partial charge in [-0.05, 0) is 37.0 Å². The average molecular weight is 192 g/mol. The summed E-state index contributed by atoms with van der Waals surface area (Å²) in [7, 11) is 1.90. The van der Waals surface area contributed by atoms with Crippen LogP contribution >= 0.6 is 0 Å². The van der Waals surface area contributed by atoms with Crippen molar-refractivity contribution in [2.75, 3.05) is 18.1 Å². The van der Waals surface area contributed by atoms with Gasteiger partial charge in [0.15, 0.2) is 0 Å². The Labute approximate surface area is 86.5 Å². The molecule has 2 heteroatoms. The first-order chi connectivity index (χ1) is 6.70. The van der Waals surface area contributed by atoms with E-state index in [1.165, 1.54) is 24.0 Å². The molecule has 0 saturated heterocycles. The van der Waals surface area contributed by atoms with Crippen LogP contribution in [0.3, 0.4) is 0 Å². The minimum atomic E-state index is 0.890. The highest BCUT2D eigenvalue weighted by Crippen LogP contribution is 2.25. The highest BCUT2D eigenvalue weighted by atomic mass is 14.8. The van der Waals surface area contributed by atoms with Crippen LogP contribution in [0.5, 0.6) is 0 Å². The van der Waals surface area contributed by atoms with Gasteiger partial charge in [-0.3, -0.25) is 0 Å². The Kier molecular flexibility index (Phi) is 3.81. The van der Waals surface area contributed by atoms with E-state index < -0.39 is 0 Å². The lowest BCUT2D eigenvalue weighted by Gasteiger charge is -2.12. The quantitative estimate of drug-likeness (QED) is 0.720. The molecule has 0 amide bonds. The van der Waals surface area contributed by atoms with Crippen molar-refractivity contribution in [3.8, 4) is 0 Å². The van der Waals surface area contributed by atoms with Crippen molar-refractivity contribution in [1.29, 1.82) is 0 Å². The number of aryl methyl sites for hydroxylation is 1. The van der Waals surface area contributed by atoms with Gasteiger partial charge in [0.1, 0.15) is 0 Å². The molecule has 0 aromatic heterocycles. The van der Waals surface area contributed by atoms with E-state index in [0.717, 1.165) is 17.8 Å². The molecular formula is C12H20N2. The normalized spacial score (nSPS) is 10.2.